The smallest absolute Gasteiger partial charge is 0.307 e. The van der Waals surface area contributed by atoms with Crippen LogP contribution >= 0.6 is 0 Å². The SMILES string of the molecule is C[C@H](C(=O)O)[C@H](C)C(=O)O. The molecule has 0 aromatic rings. The summed E-state index contributed by atoms with van der Waals surface area (Å²) in [5.74, 6) is -3.79. The van der Waals surface area contributed by atoms with Crippen molar-refractivity contribution in [1.82, 2.24) is 0 Å². The van der Waals surface area contributed by atoms with Crippen LogP contribution in [0.2, 0.25) is 0 Å². The molecule has 0 aliphatic carbocycles. The molecular formula is C6H10O4. The lowest BCUT2D eigenvalue weighted by Gasteiger charge is -2.09. The van der Waals surface area contributed by atoms with Crippen molar-refractivity contribution >= 4 is 11.9 Å². The van der Waals surface area contributed by atoms with E-state index >= 15 is 0 Å². The summed E-state index contributed by atoms with van der Waals surface area (Å²) < 4.78 is 0. The van der Waals surface area contributed by atoms with Gasteiger partial charge in [0, 0.05) is 0 Å². The lowest BCUT2D eigenvalue weighted by atomic mass is 9.97. The first-order chi connectivity index (χ1) is 4.46. The van der Waals surface area contributed by atoms with Crippen LogP contribution in [0.25, 0.3) is 0 Å². The molecule has 2 N–H and O–H groups in total. The minimum absolute atomic E-state index is 0.822. The van der Waals surface area contributed by atoms with E-state index in [1.165, 1.54) is 13.8 Å². The van der Waals surface area contributed by atoms with Gasteiger partial charge in [0.25, 0.3) is 0 Å². The second-order valence-corrected chi connectivity index (χ2v) is 2.25. The number of hydrogen-bond donors (Lipinski definition) is 2. The second-order valence-electron chi connectivity index (χ2n) is 2.25. The highest BCUT2D eigenvalue weighted by molar-refractivity contribution is 5.79. The predicted molar refractivity (Wildman–Crippen MR) is 33.6 cm³/mol. The highest BCUT2D eigenvalue weighted by atomic mass is 16.4. The third kappa shape index (κ3) is 2.05. The monoisotopic (exact) mass is 146 g/mol. The van der Waals surface area contributed by atoms with Crippen LogP contribution in [-0.4, -0.2) is 22.2 Å². The minimum Gasteiger partial charge on any atom is -0.481 e. The lowest BCUT2D eigenvalue weighted by molar-refractivity contribution is -0.152. The van der Waals surface area contributed by atoms with Crippen molar-refractivity contribution in [3.8, 4) is 0 Å². The van der Waals surface area contributed by atoms with Gasteiger partial charge in [0.15, 0.2) is 0 Å². The Morgan fingerprint density at radius 3 is 1.30 bits per heavy atom. The van der Waals surface area contributed by atoms with Crippen LogP contribution < -0.4 is 0 Å². The molecule has 10 heavy (non-hydrogen) atoms. The highest BCUT2D eigenvalue weighted by Gasteiger charge is 2.24. The highest BCUT2D eigenvalue weighted by Crippen LogP contribution is 2.10. The van der Waals surface area contributed by atoms with Crippen molar-refractivity contribution in [2.45, 2.75) is 13.8 Å². The largest absolute Gasteiger partial charge is 0.481 e. The molecule has 0 spiro atoms. The Hall–Kier alpha value is -1.06. The topological polar surface area (TPSA) is 74.6 Å². The molecular weight excluding hydrogens is 136 g/mol. The Bertz CT molecular complexity index is 134. The molecule has 0 bridgehead atoms. The molecule has 0 aromatic heterocycles. The normalized spacial score (nSPS) is 15.8. The molecule has 4 nitrogen and oxygen atoms in total. The average molecular weight is 146 g/mol. The Morgan fingerprint density at radius 2 is 1.20 bits per heavy atom. The third-order valence-electron chi connectivity index (χ3n) is 1.53. The fraction of sp³-hybridized carbons (Fsp3) is 0.667. The molecule has 0 saturated carbocycles. The summed E-state index contributed by atoms with van der Waals surface area (Å²) in [7, 11) is 0. The summed E-state index contributed by atoms with van der Waals surface area (Å²) in [5.41, 5.74) is 0. The van der Waals surface area contributed by atoms with E-state index in [0.29, 0.717) is 0 Å². The maximum absolute atomic E-state index is 10.2. The summed E-state index contributed by atoms with van der Waals surface area (Å²) in [6.07, 6.45) is 0. The summed E-state index contributed by atoms with van der Waals surface area (Å²) in [4.78, 5) is 20.4. The Labute approximate surface area is 58.5 Å². The Balaban J connectivity index is 4.07. The number of aliphatic carboxylic acids is 2. The summed E-state index contributed by atoms with van der Waals surface area (Å²) >= 11 is 0. The fourth-order valence-corrected chi connectivity index (χ4v) is 0.428. The van der Waals surface area contributed by atoms with Crippen molar-refractivity contribution < 1.29 is 19.8 Å². The molecule has 0 amide bonds. The Kier molecular flexibility index (Phi) is 2.86. The lowest BCUT2D eigenvalue weighted by Crippen LogP contribution is -2.24. The van der Waals surface area contributed by atoms with Gasteiger partial charge in [0.1, 0.15) is 0 Å². The van der Waals surface area contributed by atoms with Gasteiger partial charge in [-0.1, -0.05) is 13.8 Å². The van der Waals surface area contributed by atoms with E-state index in [9.17, 15) is 9.59 Å². The molecule has 4 heteroatoms. The van der Waals surface area contributed by atoms with Crippen molar-refractivity contribution in [2.75, 3.05) is 0 Å². The number of carboxylic acids is 2. The van der Waals surface area contributed by atoms with Crippen LogP contribution in [0.5, 0.6) is 0 Å². The van der Waals surface area contributed by atoms with E-state index in [1.807, 2.05) is 0 Å². The van der Waals surface area contributed by atoms with E-state index in [4.69, 9.17) is 10.2 Å². The number of hydrogen-bond acceptors (Lipinski definition) is 2. The molecule has 0 aromatic carbocycles. The van der Waals surface area contributed by atoms with Crippen LogP contribution in [0.15, 0.2) is 0 Å². The van der Waals surface area contributed by atoms with Gasteiger partial charge in [-0.2, -0.15) is 0 Å². The zero-order valence-electron chi connectivity index (χ0n) is 5.87. The van der Waals surface area contributed by atoms with Crippen molar-refractivity contribution in [3.63, 3.8) is 0 Å². The van der Waals surface area contributed by atoms with Crippen LogP contribution in [0.4, 0.5) is 0 Å². The van der Waals surface area contributed by atoms with Crippen LogP contribution in [0.3, 0.4) is 0 Å². The number of rotatable bonds is 3. The Morgan fingerprint density at radius 1 is 1.00 bits per heavy atom. The van der Waals surface area contributed by atoms with Gasteiger partial charge >= 0.3 is 11.9 Å². The third-order valence-corrected chi connectivity index (χ3v) is 1.53. The van der Waals surface area contributed by atoms with Crippen LogP contribution in [0.1, 0.15) is 13.8 Å². The van der Waals surface area contributed by atoms with Crippen molar-refractivity contribution in [2.24, 2.45) is 11.8 Å². The quantitative estimate of drug-likeness (QED) is 0.605. The van der Waals surface area contributed by atoms with Gasteiger partial charge in [-0.15, -0.1) is 0 Å². The second kappa shape index (κ2) is 3.20. The number of carboxylic acid groups (broad SMARTS) is 2. The maximum Gasteiger partial charge on any atom is 0.307 e. The molecule has 0 unspecified atom stereocenters. The molecule has 2 atom stereocenters. The molecule has 0 heterocycles. The zero-order valence-corrected chi connectivity index (χ0v) is 5.87. The molecule has 0 fully saturated rings. The van der Waals surface area contributed by atoms with Gasteiger partial charge < -0.3 is 10.2 Å². The van der Waals surface area contributed by atoms with E-state index in [-0.39, 0.29) is 0 Å². The van der Waals surface area contributed by atoms with E-state index in [2.05, 4.69) is 0 Å². The van der Waals surface area contributed by atoms with E-state index in [0.717, 1.165) is 0 Å². The first-order valence-corrected chi connectivity index (χ1v) is 2.92. The maximum atomic E-state index is 10.2. The van der Waals surface area contributed by atoms with E-state index in [1.54, 1.807) is 0 Å². The van der Waals surface area contributed by atoms with Gasteiger partial charge in [-0.05, 0) is 0 Å². The standard InChI is InChI=1S/C6H10O4/c1-3(5(7)8)4(2)6(9)10/h3-4H,1-2H3,(H,7,8)(H,9,10)/t3-,4-/m0/s1. The minimum atomic E-state index is -1.07. The van der Waals surface area contributed by atoms with Crippen molar-refractivity contribution in [3.05, 3.63) is 0 Å². The molecule has 58 valence electrons. The first-order valence-electron chi connectivity index (χ1n) is 2.92. The molecule has 0 aliphatic heterocycles. The summed E-state index contributed by atoms with van der Waals surface area (Å²) in [6, 6.07) is 0. The van der Waals surface area contributed by atoms with Gasteiger partial charge in [-0.25, -0.2) is 0 Å². The van der Waals surface area contributed by atoms with Gasteiger partial charge in [-0.3, -0.25) is 9.59 Å². The van der Waals surface area contributed by atoms with E-state index < -0.39 is 23.8 Å². The zero-order chi connectivity index (χ0) is 8.31. The molecule has 0 aliphatic rings. The average Bonchev–Trinajstić information content (AvgIpc) is 1.84. The first kappa shape index (κ1) is 8.94. The number of carbonyl (C=O) groups is 2. The van der Waals surface area contributed by atoms with Crippen molar-refractivity contribution in [1.29, 1.82) is 0 Å². The van der Waals surface area contributed by atoms with Crippen LogP contribution in [0, 0.1) is 11.8 Å². The van der Waals surface area contributed by atoms with Gasteiger partial charge in [0.2, 0.25) is 0 Å². The summed E-state index contributed by atoms with van der Waals surface area (Å²) in [5, 5.41) is 16.7. The molecule has 0 radical (unpaired) electrons. The van der Waals surface area contributed by atoms with Gasteiger partial charge in [0.05, 0.1) is 11.8 Å². The summed E-state index contributed by atoms with van der Waals surface area (Å²) in [6.45, 7) is 2.75. The van der Waals surface area contributed by atoms with Crippen LogP contribution in [-0.2, 0) is 9.59 Å². The fourth-order valence-electron chi connectivity index (χ4n) is 0.428. The molecule has 0 rings (SSSR count). The molecule has 0 saturated heterocycles. The predicted octanol–water partition coefficient (Wildman–Crippen LogP) is 0.428.